The van der Waals surface area contributed by atoms with E-state index in [4.69, 9.17) is 0 Å². The predicted molar refractivity (Wildman–Crippen MR) is 84.0 cm³/mol. The van der Waals surface area contributed by atoms with Gasteiger partial charge < -0.3 is 5.32 Å². The van der Waals surface area contributed by atoms with Gasteiger partial charge in [0.25, 0.3) is 0 Å². The highest BCUT2D eigenvalue weighted by Crippen LogP contribution is 2.35. The summed E-state index contributed by atoms with van der Waals surface area (Å²) >= 11 is 0. The zero-order chi connectivity index (χ0) is 16.7. The maximum Gasteiger partial charge on any atom is 0.416 e. The third-order valence-corrected chi connectivity index (χ3v) is 4.04. The normalized spacial score (nSPS) is 13.6. The molecule has 122 valence electrons. The van der Waals surface area contributed by atoms with Crippen LogP contribution in [-0.2, 0) is 12.6 Å². The van der Waals surface area contributed by atoms with Gasteiger partial charge in [0.1, 0.15) is 5.82 Å². The van der Waals surface area contributed by atoms with Crippen LogP contribution in [0.1, 0.15) is 11.1 Å². The number of halogens is 3. The molecule has 0 saturated carbocycles. The van der Waals surface area contributed by atoms with E-state index in [1.54, 1.807) is 17.1 Å². The third kappa shape index (κ3) is 2.42. The molecule has 0 radical (unpaired) electrons. The zero-order valence-electron chi connectivity index (χ0n) is 12.5. The molecule has 0 unspecified atom stereocenters. The lowest BCUT2D eigenvalue weighted by molar-refractivity contribution is -0.137. The number of hydrogen-bond acceptors (Lipinski definition) is 3. The Hall–Kier alpha value is -2.83. The van der Waals surface area contributed by atoms with E-state index in [9.17, 15) is 13.2 Å². The molecule has 0 amide bonds. The summed E-state index contributed by atoms with van der Waals surface area (Å²) in [5, 5.41) is 7.87. The summed E-state index contributed by atoms with van der Waals surface area (Å²) in [4.78, 5) is 4.01. The molecule has 0 spiro atoms. The quantitative estimate of drug-likeness (QED) is 0.774. The lowest BCUT2D eigenvalue weighted by Crippen LogP contribution is -2.07. The number of hydrogen-bond donors (Lipinski definition) is 1. The van der Waals surface area contributed by atoms with Crippen LogP contribution < -0.4 is 5.32 Å². The maximum atomic E-state index is 12.7. The number of pyridine rings is 1. The van der Waals surface area contributed by atoms with Gasteiger partial charge in [-0.25, -0.2) is 4.68 Å². The molecule has 0 saturated heterocycles. The molecule has 1 aliphatic heterocycles. The van der Waals surface area contributed by atoms with Crippen LogP contribution in [-0.4, -0.2) is 21.3 Å². The molecule has 4 rings (SSSR count). The van der Waals surface area contributed by atoms with E-state index >= 15 is 0 Å². The minimum absolute atomic E-state index is 0.592. The molecule has 0 fully saturated rings. The highest BCUT2D eigenvalue weighted by molar-refractivity contribution is 5.72. The SMILES string of the molecule is FC(F)(F)c1ccc(-n2nc(-c3ccncc3)c3c2NCC3)cc1. The van der Waals surface area contributed by atoms with E-state index in [-0.39, 0.29) is 0 Å². The number of fused-ring (bicyclic) bond motifs is 1. The fourth-order valence-corrected chi connectivity index (χ4v) is 2.89. The Bertz CT molecular complexity index is 867. The van der Waals surface area contributed by atoms with Gasteiger partial charge in [0.2, 0.25) is 0 Å². The molecule has 3 heterocycles. The second-order valence-electron chi connectivity index (χ2n) is 5.54. The Morgan fingerprint density at radius 3 is 2.38 bits per heavy atom. The molecular weight excluding hydrogens is 317 g/mol. The summed E-state index contributed by atoms with van der Waals surface area (Å²) in [6.45, 7) is 0.784. The molecule has 3 aromatic rings. The highest BCUT2D eigenvalue weighted by Gasteiger charge is 2.30. The Labute approximate surface area is 136 Å². The zero-order valence-corrected chi connectivity index (χ0v) is 12.5. The fraction of sp³-hybridized carbons (Fsp3) is 0.176. The Morgan fingerprint density at radius 1 is 1.00 bits per heavy atom. The van der Waals surface area contributed by atoms with Crippen molar-refractivity contribution in [3.63, 3.8) is 0 Å². The number of aromatic nitrogens is 3. The van der Waals surface area contributed by atoms with Gasteiger partial charge in [-0.2, -0.15) is 18.3 Å². The third-order valence-electron chi connectivity index (χ3n) is 4.04. The summed E-state index contributed by atoms with van der Waals surface area (Å²) in [6, 6.07) is 8.77. The second-order valence-corrected chi connectivity index (χ2v) is 5.54. The fourth-order valence-electron chi connectivity index (χ4n) is 2.89. The van der Waals surface area contributed by atoms with Crippen molar-refractivity contribution in [1.82, 2.24) is 14.8 Å². The van der Waals surface area contributed by atoms with Gasteiger partial charge in [-0.1, -0.05) is 0 Å². The molecule has 0 bridgehead atoms. The Morgan fingerprint density at radius 2 is 1.71 bits per heavy atom. The first-order valence-electron chi connectivity index (χ1n) is 7.48. The van der Waals surface area contributed by atoms with Crippen LogP contribution in [0.2, 0.25) is 0 Å². The van der Waals surface area contributed by atoms with E-state index in [0.29, 0.717) is 5.69 Å². The maximum absolute atomic E-state index is 12.7. The van der Waals surface area contributed by atoms with Crippen LogP contribution in [0.4, 0.5) is 19.0 Å². The van der Waals surface area contributed by atoms with E-state index in [1.807, 2.05) is 12.1 Å². The molecule has 0 aliphatic carbocycles. The van der Waals surface area contributed by atoms with Crippen molar-refractivity contribution in [3.8, 4) is 16.9 Å². The van der Waals surface area contributed by atoms with E-state index in [0.717, 1.165) is 47.7 Å². The molecule has 0 atom stereocenters. The molecule has 7 heteroatoms. The first kappa shape index (κ1) is 14.7. The molecule has 1 N–H and O–H groups in total. The van der Waals surface area contributed by atoms with Gasteiger partial charge in [0.15, 0.2) is 0 Å². The summed E-state index contributed by atoms with van der Waals surface area (Å²) in [6.07, 6.45) is -0.124. The van der Waals surface area contributed by atoms with Crippen molar-refractivity contribution in [2.75, 3.05) is 11.9 Å². The average molecular weight is 330 g/mol. The van der Waals surface area contributed by atoms with Crippen molar-refractivity contribution in [1.29, 1.82) is 0 Å². The van der Waals surface area contributed by atoms with Crippen LogP contribution >= 0.6 is 0 Å². The lowest BCUT2D eigenvalue weighted by atomic mass is 10.1. The Balaban J connectivity index is 1.80. The second kappa shape index (κ2) is 5.36. The average Bonchev–Trinajstić information content (AvgIpc) is 3.17. The summed E-state index contributed by atoms with van der Waals surface area (Å²) in [5.74, 6) is 0.835. The van der Waals surface area contributed by atoms with E-state index < -0.39 is 11.7 Å². The van der Waals surface area contributed by atoms with Crippen molar-refractivity contribution in [2.24, 2.45) is 0 Å². The number of nitrogens with one attached hydrogen (secondary N) is 1. The highest BCUT2D eigenvalue weighted by atomic mass is 19.4. The monoisotopic (exact) mass is 330 g/mol. The smallest absolute Gasteiger partial charge is 0.369 e. The molecule has 2 aromatic heterocycles. The molecule has 4 nitrogen and oxygen atoms in total. The van der Waals surface area contributed by atoms with E-state index in [2.05, 4.69) is 15.4 Å². The van der Waals surface area contributed by atoms with Gasteiger partial charge in [0, 0.05) is 30.1 Å². The van der Waals surface area contributed by atoms with Crippen molar-refractivity contribution in [3.05, 3.63) is 59.9 Å². The van der Waals surface area contributed by atoms with Gasteiger partial charge in [-0.3, -0.25) is 4.98 Å². The Kier molecular flexibility index (Phi) is 3.30. The van der Waals surface area contributed by atoms with Crippen LogP contribution in [0, 0.1) is 0 Å². The number of alkyl halides is 3. The summed E-state index contributed by atoms with van der Waals surface area (Å²) < 4.78 is 39.8. The minimum Gasteiger partial charge on any atom is -0.369 e. The number of anilines is 1. The topological polar surface area (TPSA) is 42.7 Å². The van der Waals surface area contributed by atoms with Crippen LogP contribution in [0.5, 0.6) is 0 Å². The van der Waals surface area contributed by atoms with Crippen molar-refractivity contribution >= 4 is 5.82 Å². The van der Waals surface area contributed by atoms with Crippen LogP contribution in [0.25, 0.3) is 16.9 Å². The predicted octanol–water partition coefficient (Wildman–Crippen LogP) is 3.92. The molecule has 24 heavy (non-hydrogen) atoms. The minimum atomic E-state index is -4.34. The van der Waals surface area contributed by atoms with E-state index in [1.165, 1.54) is 12.1 Å². The molecule has 1 aromatic carbocycles. The summed E-state index contributed by atoms with van der Waals surface area (Å²) in [7, 11) is 0. The molecular formula is C17H13F3N4. The largest absolute Gasteiger partial charge is 0.416 e. The summed E-state index contributed by atoms with van der Waals surface area (Å²) in [5.41, 5.74) is 2.76. The van der Waals surface area contributed by atoms with Gasteiger partial charge in [-0.15, -0.1) is 0 Å². The first-order chi connectivity index (χ1) is 11.5. The number of rotatable bonds is 2. The van der Waals surface area contributed by atoms with Crippen molar-refractivity contribution in [2.45, 2.75) is 12.6 Å². The van der Waals surface area contributed by atoms with Gasteiger partial charge in [-0.05, 0) is 42.8 Å². The first-order valence-corrected chi connectivity index (χ1v) is 7.48. The van der Waals surface area contributed by atoms with Crippen LogP contribution in [0.15, 0.2) is 48.8 Å². The molecule has 1 aliphatic rings. The van der Waals surface area contributed by atoms with Crippen molar-refractivity contribution < 1.29 is 13.2 Å². The number of benzene rings is 1. The number of nitrogens with zero attached hydrogens (tertiary/aromatic N) is 3. The standard InChI is InChI=1S/C17H13F3N4/c18-17(19,20)12-1-3-13(4-2-12)24-16-14(7-10-22-16)15(23-24)11-5-8-21-9-6-11/h1-6,8-9,22H,7,10H2. The van der Waals surface area contributed by atoms with Crippen LogP contribution in [0.3, 0.4) is 0 Å². The van der Waals surface area contributed by atoms with Gasteiger partial charge in [0.05, 0.1) is 16.9 Å². The van der Waals surface area contributed by atoms with Gasteiger partial charge >= 0.3 is 6.18 Å². The lowest BCUT2D eigenvalue weighted by Gasteiger charge is -2.09.